The van der Waals surface area contributed by atoms with E-state index in [1.807, 2.05) is 0 Å². The molecule has 4 heterocycles. The van der Waals surface area contributed by atoms with Crippen molar-refractivity contribution in [2.24, 2.45) is 12.5 Å². The van der Waals surface area contributed by atoms with E-state index in [1.165, 1.54) is 30.1 Å². The molecule has 0 radical (unpaired) electrons. The number of carboxylic acids is 1. The lowest BCUT2D eigenvalue weighted by molar-refractivity contribution is -0.200. The van der Waals surface area contributed by atoms with E-state index < -0.39 is 45.7 Å². The lowest BCUT2D eigenvalue weighted by atomic mass is 9.88. The Morgan fingerprint density at radius 3 is 2.79 bits per heavy atom. The zero-order valence-electron chi connectivity index (χ0n) is 17.8. The molecule has 182 valence electrons. The second kappa shape index (κ2) is 8.84. The van der Waals surface area contributed by atoms with Crippen LogP contribution in [0.4, 0.5) is 0 Å². The summed E-state index contributed by atoms with van der Waals surface area (Å²) in [6.45, 7) is -0.371. The van der Waals surface area contributed by atoms with Crippen LogP contribution < -0.4 is 10.9 Å². The zero-order chi connectivity index (χ0) is 24.7. The first-order valence-electron chi connectivity index (χ1n) is 9.62. The number of ether oxygens (including phenoxy) is 1. The van der Waals surface area contributed by atoms with Crippen molar-refractivity contribution in [1.29, 1.82) is 0 Å². The van der Waals surface area contributed by atoms with Gasteiger partial charge in [-0.05, 0) is 10.4 Å². The molecule has 0 aromatic carbocycles. The van der Waals surface area contributed by atoms with Crippen molar-refractivity contribution in [2.75, 3.05) is 25.2 Å². The highest BCUT2D eigenvalue weighted by atomic mass is 32.2. The summed E-state index contributed by atoms with van der Waals surface area (Å²) in [5, 5.41) is 39.0. The molecule has 18 heteroatoms. The van der Waals surface area contributed by atoms with Gasteiger partial charge < -0.3 is 25.2 Å². The highest BCUT2D eigenvalue weighted by molar-refractivity contribution is 8.00. The number of carboxylic acid groups (broad SMARTS) is 1. The van der Waals surface area contributed by atoms with Gasteiger partial charge in [0.2, 0.25) is 5.91 Å². The lowest BCUT2D eigenvalue weighted by Gasteiger charge is -2.58. The third-order valence-electron chi connectivity index (χ3n) is 5.49. The maximum Gasteiger partial charge on any atom is 0.316 e. The van der Waals surface area contributed by atoms with Crippen LogP contribution in [0, 0.1) is 5.41 Å². The summed E-state index contributed by atoms with van der Waals surface area (Å²) in [5.41, 5.74) is -3.77. The Morgan fingerprint density at radius 2 is 2.15 bits per heavy atom. The van der Waals surface area contributed by atoms with Crippen molar-refractivity contribution in [1.82, 2.24) is 45.2 Å². The van der Waals surface area contributed by atoms with Crippen LogP contribution in [0.25, 0.3) is 0 Å². The van der Waals surface area contributed by atoms with Crippen molar-refractivity contribution in [2.45, 2.75) is 22.8 Å². The lowest BCUT2D eigenvalue weighted by Crippen LogP contribution is -2.82. The van der Waals surface area contributed by atoms with Crippen LogP contribution in [0.3, 0.4) is 0 Å². The molecule has 3 atom stereocenters. The largest absolute Gasteiger partial charge is 0.488 e. The van der Waals surface area contributed by atoms with Gasteiger partial charge >= 0.3 is 11.5 Å². The number of aliphatic carboxylic acids is 1. The fourth-order valence-corrected chi connectivity index (χ4v) is 6.46. The Hall–Kier alpha value is -3.25. The number of methoxy groups -OCH3 is 1. The number of amides is 2. The molecular weight excluding hydrogens is 494 g/mol. The van der Waals surface area contributed by atoms with Gasteiger partial charge in [0.1, 0.15) is 23.7 Å². The summed E-state index contributed by atoms with van der Waals surface area (Å²) < 4.78 is 7.65. The molecule has 16 nitrogen and oxygen atoms in total. The summed E-state index contributed by atoms with van der Waals surface area (Å²) in [7, 11) is 2.66. The normalized spacial score (nSPS) is 26.0. The Labute approximate surface area is 199 Å². The monoisotopic (exact) mass is 513 g/mol. The Kier molecular flexibility index (Phi) is 6.21. The Bertz CT molecular complexity index is 1190. The molecule has 2 aliphatic rings. The minimum Gasteiger partial charge on any atom is -0.488 e. The topological polar surface area (TPSA) is 208 Å². The van der Waals surface area contributed by atoms with Gasteiger partial charge in [-0.2, -0.15) is 0 Å². The number of thioether (sulfide) groups is 2. The van der Waals surface area contributed by atoms with Crippen LogP contribution in [-0.2, 0) is 32.7 Å². The summed E-state index contributed by atoms with van der Waals surface area (Å²) in [6, 6.07) is 0. The van der Waals surface area contributed by atoms with Gasteiger partial charge in [0.25, 0.3) is 17.5 Å². The van der Waals surface area contributed by atoms with E-state index in [-0.39, 0.29) is 29.8 Å². The first kappa shape index (κ1) is 23.9. The molecule has 2 fully saturated rings. The number of hydrogen-bond acceptors (Lipinski definition) is 13. The van der Waals surface area contributed by atoms with Crippen molar-refractivity contribution >= 4 is 41.3 Å². The number of aromatic nitrogens is 7. The predicted octanol–water partition coefficient (Wildman–Crippen LogP) is -2.90. The Morgan fingerprint density at radius 1 is 1.38 bits per heavy atom. The van der Waals surface area contributed by atoms with Gasteiger partial charge in [-0.3, -0.25) is 23.7 Å². The van der Waals surface area contributed by atoms with Gasteiger partial charge in [-0.15, -0.1) is 27.1 Å². The molecule has 3 N–H and O–H groups in total. The molecule has 34 heavy (non-hydrogen) atoms. The second-order valence-corrected chi connectivity index (χ2v) is 9.65. The average Bonchev–Trinajstić information content (AvgIpc) is 3.33. The van der Waals surface area contributed by atoms with E-state index in [2.05, 4.69) is 31.0 Å². The third kappa shape index (κ3) is 3.86. The second-order valence-electron chi connectivity index (χ2n) is 7.64. The molecule has 2 amide bonds. The molecule has 2 aliphatic heterocycles. The molecule has 0 bridgehead atoms. The molecule has 0 aliphatic carbocycles. The molecular formula is C16H19N9O7S2. The van der Waals surface area contributed by atoms with Crippen LogP contribution in [-0.4, -0.2) is 104 Å². The van der Waals surface area contributed by atoms with E-state index in [9.17, 15) is 29.4 Å². The number of carbonyl (C=O) groups is 3. The summed E-state index contributed by atoms with van der Waals surface area (Å²) in [4.78, 5) is 50.9. The molecule has 2 unspecified atom stereocenters. The summed E-state index contributed by atoms with van der Waals surface area (Å²) in [6.07, 6.45) is 1.25. The molecule has 2 aromatic heterocycles. The number of hydrogen-bond donors (Lipinski definition) is 3. The number of nitrogens with one attached hydrogen (secondary N) is 1. The SMILES string of the molecule is COC1(NC(=O)Cn2cnnn2)C(=O)N2CC(CSc3nnc(O)c(=O)n3C)(C(=O)O)CS[C@@H]21. The van der Waals surface area contributed by atoms with Crippen LogP contribution in [0.5, 0.6) is 5.88 Å². The van der Waals surface area contributed by atoms with Gasteiger partial charge in [-0.25, -0.2) is 4.68 Å². The highest BCUT2D eigenvalue weighted by Gasteiger charge is 2.67. The van der Waals surface area contributed by atoms with Gasteiger partial charge in [-0.1, -0.05) is 11.8 Å². The number of fused-ring (bicyclic) bond motifs is 1. The molecule has 0 saturated carbocycles. The number of β-lactam (4-membered cyclic amide) rings is 1. The summed E-state index contributed by atoms with van der Waals surface area (Å²) >= 11 is 2.13. The van der Waals surface area contributed by atoms with Crippen LogP contribution in [0.1, 0.15) is 0 Å². The smallest absolute Gasteiger partial charge is 0.316 e. The van der Waals surface area contributed by atoms with E-state index in [0.29, 0.717) is 0 Å². The van der Waals surface area contributed by atoms with E-state index in [4.69, 9.17) is 4.74 Å². The van der Waals surface area contributed by atoms with E-state index in [0.717, 1.165) is 28.1 Å². The number of carbonyl (C=O) groups excluding carboxylic acids is 2. The van der Waals surface area contributed by atoms with Crippen molar-refractivity contribution in [3.63, 3.8) is 0 Å². The standard InChI is InChI=1S/C16H19N9O7S2/c1-23-10(28)9(27)19-20-14(23)34-6-15(13(30)31)4-25-11(29)16(32-2,12(25)33-5-15)18-8(26)3-24-7-17-21-22-24/h7,12H,3-6H2,1-2H3,(H,18,26)(H,19,27)(H,30,31)/t12-,15?,16?/m1/s1. The van der Waals surface area contributed by atoms with Crippen molar-refractivity contribution in [3.8, 4) is 5.88 Å². The zero-order valence-corrected chi connectivity index (χ0v) is 19.4. The quantitative estimate of drug-likeness (QED) is 0.184. The maximum absolute atomic E-state index is 13.0. The van der Waals surface area contributed by atoms with Crippen molar-refractivity contribution in [3.05, 3.63) is 16.7 Å². The molecule has 0 spiro atoms. The fourth-order valence-electron chi connectivity index (χ4n) is 3.60. The third-order valence-corrected chi connectivity index (χ3v) is 8.42. The maximum atomic E-state index is 13.0. The first-order chi connectivity index (χ1) is 16.1. The van der Waals surface area contributed by atoms with E-state index in [1.54, 1.807) is 0 Å². The Balaban J connectivity index is 1.48. The number of tetrazole rings is 1. The van der Waals surface area contributed by atoms with Crippen LogP contribution >= 0.6 is 23.5 Å². The van der Waals surface area contributed by atoms with Crippen LogP contribution in [0.15, 0.2) is 16.3 Å². The predicted molar refractivity (Wildman–Crippen MR) is 113 cm³/mol. The minimum atomic E-state index is -1.64. The minimum absolute atomic E-state index is 0.0236. The molecule has 2 saturated heterocycles. The van der Waals surface area contributed by atoms with E-state index >= 15 is 0 Å². The average molecular weight is 514 g/mol. The first-order valence-corrected chi connectivity index (χ1v) is 11.7. The fraction of sp³-hybridized carbons (Fsp3) is 0.562. The van der Waals surface area contributed by atoms with Gasteiger partial charge in [0, 0.05) is 32.2 Å². The van der Waals surface area contributed by atoms with Crippen molar-refractivity contribution < 1.29 is 29.3 Å². The number of rotatable bonds is 8. The number of aromatic hydroxyl groups is 1. The van der Waals surface area contributed by atoms with Crippen LogP contribution in [0.2, 0.25) is 0 Å². The highest BCUT2D eigenvalue weighted by Crippen LogP contribution is 2.48. The van der Waals surface area contributed by atoms with Gasteiger partial charge in [0.15, 0.2) is 5.16 Å². The van der Waals surface area contributed by atoms with Gasteiger partial charge in [0.05, 0.1) is 0 Å². The summed E-state index contributed by atoms with van der Waals surface area (Å²) in [5.74, 6) is -2.96. The number of nitrogens with zero attached hydrogens (tertiary/aromatic N) is 8. The molecule has 2 aromatic rings. The molecule has 4 rings (SSSR count).